The number of hydrogen-bond donors (Lipinski definition) is 1. The monoisotopic (exact) mass is 381 g/mol. The SMILES string of the molecule is Cc1nsc(NC(=O)c2cc(Br)c(Br)s2)n1. The Morgan fingerprint density at radius 2 is 2.25 bits per heavy atom. The second kappa shape index (κ2) is 4.91. The first kappa shape index (κ1) is 12.2. The van der Waals surface area contributed by atoms with Crippen LogP contribution in [-0.4, -0.2) is 15.3 Å². The molecule has 0 fully saturated rings. The lowest BCUT2D eigenvalue weighted by Crippen LogP contribution is -2.09. The highest BCUT2D eigenvalue weighted by molar-refractivity contribution is 9.13. The summed E-state index contributed by atoms with van der Waals surface area (Å²) in [5.41, 5.74) is 0. The molecule has 0 bridgehead atoms. The van der Waals surface area contributed by atoms with Gasteiger partial charge in [0.25, 0.3) is 5.91 Å². The number of aromatic nitrogens is 2. The number of carbonyl (C=O) groups excluding carboxylic acids is 1. The van der Waals surface area contributed by atoms with Crippen molar-refractivity contribution in [3.63, 3.8) is 0 Å². The third-order valence-electron chi connectivity index (χ3n) is 1.62. The number of nitrogens with one attached hydrogen (secondary N) is 1. The van der Waals surface area contributed by atoms with E-state index in [4.69, 9.17) is 0 Å². The topological polar surface area (TPSA) is 54.9 Å². The summed E-state index contributed by atoms with van der Waals surface area (Å²) in [6, 6.07) is 1.76. The van der Waals surface area contributed by atoms with Crippen LogP contribution >= 0.6 is 54.7 Å². The van der Waals surface area contributed by atoms with E-state index >= 15 is 0 Å². The molecule has 0 aliphatic rings. The fraction of sp³-hybridized carbons (Fsp3) is 0.125. The van der Waals surface area contributed by atoms with E-state index in [1.807, 2.05) is 0 Å². The summed E-state index contributed by atoms with van der Waals surface area (Å²) in [6.07, 6.45) is 0. The summed E-state index contributed by atoms with van der Waals surface area (Å²) < 4.78 is 5.75. The van der Waals surface area contributed by atoms with Crippen molar-refractivity contribution in [2.24, 2.45) is 0 Å². The summed E-state index contributed by atoms with van der Waals surface area (Å²) in [5.74, 6) is 0.487. The fourth-order valence-corrected chi connectivity index (χ4v) is 3.47. The Hall–Kier alpha value is -0.310. The van der Waals surface area contributed by atoms with Crippen LogP contribution in [-0.2, 0) is 0 Å². The Balaban J connectivity index is 2.14. The second-order valence-electron chi connectivity index (χ2n) is 2.83. The van der Waals surface area contributed by atoms with Crippen LogP contribution in [0.2, 0.25) is 0 Å². The molecular formula is C8H5Br2N3OS2. The third kappa shape index (κ3) is 2.68. The number of rotatable bonds is 2. The van der Waals surface area contributed by atoms with Crippen LogP contribution in [0.4, 0.5) is 5.13 Å². The molecule has 8 heteroatoms. The average molecular weight is 383 g/mol. The Labute approximate surface area is 117 Å². The van der Waals surface area contributed by atoms with Gasteiger partial charge >= 0.3 is 0 Å². The van der Waals surface area contributed by atoms with Gasteiger partial charge in [0.05, 0.1) is 8.66 Å². The summed E-state index contributed by atoms with van der Waals surface area (Å²) in [4.78, 5) is 16.5. The zero-order valence-corrected chi connectivity index (χ0v) is 12.8. The van der Waals surface area contributed by atoms with E-state index in [0.29, 0.717) is 15.8 Å². The molecule has 0 aliphatic carbocycles. The van der Waals surface area contributed by atoms with Crippen molar-refractivity contribution in [3.05, 3.63) is 25.0 Å². The first-order valence-corrected chi connectivity index (χ1v) is 7.30. The van der Waals surface area contributed by atoms with Crippen molar-refractivity contribution in [3.8, 4) is 0 Å². The molecule has 0 aromatic carbocycles. The first-order valence-electron chi connectivity index (χ1n) is 4.13. The van der Waals surface area contributed by atoms with Gasteiger partial charge in [0, 0.05) is 16.0 Å². The highest BCUT2D eigenvalue weighted by Gasteiger charge is 2.13. The normalized spacial score (nSPS) is 10.4. The minimum atomic E-state index is -0.174. The van der Waals surface area contributed by atoms with E-state index in [1.165, 1.54) is 22.9 Å². The van der Waals surface area contributed by atoms with E-state index in [9.17, 15) is 4.79 Å². The standard InChI is InChI=1S/C8H5Br2N3OS2/c1-3-11-8(16-13-3)12-7(14)5-2-4(9)6(10)15-5/h2H,1H3,(H,11,12,13,14). The number of thiophene rings is 1. The molecule has 84 valence electrons. The molecule has 1 amide bonds. The minimum Gasteiger partial charge on any atom is -0.296 e. The smallest absolute Gasteiger partial charge is 0.267 e. The number of amides is 1. The van der Waals surface area contributed by atoms with Crippen molar-refractivity contribution in [1.29, 1.82) is 0 Å². The molecule has 2 heterocycles. The van der Waals surface area contributed by atoms with Gasteiger partial charge in [-0.3, -0.25) is 10.1 Å². The van der Waals surface area contributed by atoms with Crippen molar-refractivity contribution in [1.82, 2.24) is 9.36 Å². The molecule has 2 aromatic rings. The van der Waals surface area contributed by atoms with Gasteiger partial charge in [-0.05, 0) is 44.8 Å². The Morgan fingerprint density at radius 3 is 2.75 bits per heavy atom. The quantitative estimate of drug-likeness (QED) is 0.861. The summed E-state index contributed by atoms with van der Waals surface area (Å²) in [7, 11) is 0. The molecule has 0 unspecified atom stereocenters. The Morgan fingerprint density at radius 1 is 1.50 bits per heavy atom. The lowest BCUT2D eigenvalue weighted by atomic mass is 10.4. The zero-order valence-electron chi connectivity index (χ0n) is 7.95. The number of halogens is 2. The first-order chi connectivity index (χ1) is 7.56. The van der Waals surface area contributed by atoms with Gasteiger partial charge in [-0.1, -0.05) is 0 Å². The molecule has 0 atom stereocenters. The molecular weight excluding hydrogens is 378 g/mol. The molecule has 0 radical (unpaired) electrons. The number of nitrogens with zero attached hydrogens (tertiary/aromatic N) is 2. The van der Waals surface area contributed by atoms with E-state index < -0.39 is 0 Å². The maximum atomic E-state index is 11.8. The van der Waals surface area contributed by atoms with E-state index in [1.54, 1.807) is 13.0 Å². The zero-order chi connectivity index (χ0) is 11.7. The van der Waals surface area contributed by atoms with Crippen LogP contribution in [0.5, 0.6) is 0 Å². The molecule has 0 aliphatic heterocycles. The predicted octanol–water partition coefficient (Wildman–Crippen LogP) is 3.69. The van der Waals surface area contributed by atoms with Crippen molar-refractivity contribution in [2.75, 3.05) is 5.32 Å². The lowest BCUT2D eigenvalue weighted by Gasteiger charge is -1.96. The van der Waals surface area contributed by atoms with Gasteiger partial charge in [-0.15, -0.1) is 11.3 Å². The summed E-state index contributed by atoms with van der Waals surface area (Å²) in [5, 5.41) is 3.21. The predicted molar refractivity (Wildman–Crippen MR) is 72.3 cm³/mol. The number of anilines is 1. The highest BCUT2D eigenvalue weighted by atomic mass is 79.9. The van der Waals surface area contributed by atoms with Crippen molar-refractivity contribution in [2.45, 2.75) is 6.92 Å². The molecule has 2 aromatic heterocycles. The van der Waals surface area contributed by atoms with Gasteiger partial charge in [-0.25, -0.2) is 4.98 Å². The second-order valence-corrected chi connectivity index (χ2v) is 6.81. The third-order valence-corrected chi connectivity index (χ3v) is 5.59. The molecule has 16 heavy (non-hydrogen) atoms. The van der Waals surface area contributed by atoms with Gasteiger partial charge in [0.1, 0.15) is 5.82 Å². The largest absolute Gasteiger partial charge is 0.296 e. The average Bonchev–Trinajstić information content (AvgIpc) is 2.75. The van der Waals surface area contributed by atoms with Crippen LogP contribution in [0.3, 0.4) is 0 Å². The molecule has 0 saturated heterocycles. The van der Waals surface area contributed by atoms with E-state index in [2.05, 4.69) is 46.5 Å². The van der Waals surface area contributed by atoms with Crippen LogP contribution < -0.4 is 5.32 Å². The number of hydrogen-bond acceptors (Lipinski definition) is 5. The van der Waals surface area contributed by atoms with E-state index in [-0.39, 0.29) is 5.91 Å². The highest BCUT2D eigenvalue weighted by Crippen LogP contribution is 2.32. The van der Waals surface area contributed by atoms with Crippen LogP contribution in [0, 0.1) is 6.92 Å². The van der Waals surface area contributed by atoms with Gasteiger partial charge in [0.15, 0.2) is 0 Å². The number of aryl methyl sites for hydroxylation is 1. The van der Waals surface area contributed by atoms with Gasteiger partial charge in [-0.2, -0.15) is 4.37 Å². The molecule has 2 rings (SSSR count). The summed E-state index contributed by atoms with van der Waals surface area (Å²) >= 11 is 9.21. The van der Waals surface area contributed by atoms with Crippen molar-refractivity contribution < 1.29 is 4.79 Å². The number of carbonyl (C=O) groups is 1. The van der Waals surface area contributed by atoms with Crippen LogP contribution in [0.25, 0.3) is 0 Å². The summed E-state index contributed by atoms with van der Waals surface area (Å²) in [6.45, 7) is 1.78. The Bertz CT molecular complexity index is 518. The fourth-order valence-electron chi connectivity index (χ4n) is 0.965. The molecule has 0 saturated carbocycles. The maximum Gasteiger partial charge on any atom is 0.267 e. The molecule has 4 nitrogen and oxygen atoms in total. The van der Waals surface area contributed by atoms with Crippen LogP contribution in [0.15, 0.2) is 14.3 Å². The molecule has 0 spiro atoms. The Kier molecular flexibility index (Phi) is 3.73. The lowest BCUT2D eigenvalue weighted by molar-refractivity contribution is 0.103. The van der Waals surface area contributed by atoms with Crippen LogP contribution in [0.1, 0.15) is 15.5 Å². The van der Waals surface area contributed by atoms with Gasteiger partial charge < -0.3 is 0 Å². The minimum absolute atomic E-state index is 0.174. The maximum absolute atomic E-state index is 11.8. The molecule has 1 N–H and O–H groups in total. The van der Waals surface area contributed by atoms with Crippen molar-refractivity contribution >= 4 is 65.8 Å². The van der Waals surface area contributed by atoms with E-state index in [0.717, 1.165) is 8.26 Å². The van der Waals surface area contributed by atoms with Gasteiger partial charge in [0.2, 0.25) is 5.13 Å².